The molecule has 2 fully saturated rings. The average molecular weight is 686 g/mol. The van der Waals surface area contributed by atoms with Gasteiger partial charge in [0.25, 0.3) is 5.91 Å². The molecule has 6 rings (SSSR count). The number of cyclic esters (lactones) is 1. The normalized spacial score (nSPS) is 32.1. The molecule has 13 nitrogen and oxygen atoms in total. The number of aliphatic hydroxyl groups excluding tert-OH is 1. The van der Waals surface area contributed by atoms with Crippen LogP contribution in [0.3, 0.4) is 0 Å². The van der Waals surface area contributed by atoms with E-state index in [1.54, 1.807) is 28.7 Å². The number of halogens is 1. The minimum Gasteiger partial charge on any atom is -0.460 e. The largest absolute Gasteiger partial charge is 0.460 e. The van der Waals surface area contributed by atoms with Gasteiger partial charge in [-0.25, -0.2) is 4.68 Å². The molecule has 5 heterocycles. The van der Waals surface area contributed by atoms with Gasteiger partial charge in [0, 0.05) is 17.4 Å². The maximum atomic E-state index is 14.9. The zero-order valence-electron chi connectivity index (χ0n) is 25.3. The molecule has 1 aromatic carbocycles. The van der Waals surface area contributed by atoms with Crippen LogP contribution in [-0.4, -0.2) is 103 Å². The molecular weight excluding hydrogens is 648 g/mol. The molecule has 5 bridgehead atoms. The van der Waals surface area contributed by atoms with Gasteiger partial charge in [-0.3, -0.25) is 19.2 Å². The minimum atomic E-state index is -1.48. The van der Waals surface area contributed by atoms with E-state index in [0.717, 1.165) is 5.52 Å². The van der Waals surface area contributed by atoms with E-state index >= 15 is 0 Å². The molecule has 240 valence electrons. The predicted molar refractivity (Wildman–Crippen MR) is 164 cm³/mol. The standard InChI is InChI=1S/C31H37BrN6O7/c1-17(2)22(15-39)38-27-29(42)36(16-37-21-10-7-6-9-20(21)34-35-37)12-8-4-5-11-23(40)33-14-18(3)44-30(43)24-25(28(38)41)31(27)13-19(32)26(24)45-31/h4,6-10,13,17-18,22,24-27,39H,5,11-12,14-16H2,1-3H3,(H,33,40)/b8-4-/t18-,22+,24+,25-,26+,27+,31-/m1/s1. The minimum absolute atomic E-state index is 0.00617. The number of likely N-dealkylation sites (tertiary alicyclic amines) is 1. The number of fused-ring (bicyclic) bond motifs is 3. The van der Waals surface area contributed by atoms with E-state index in [0.29, 0.717) is 16.4 Å². The highest BCUT2D eigenvalue weighted by molar-refractivity contribution is 9.11. The van der Waals surface area contributed by atoms with Crippen molar-refractivity contribution in [1.29, 1.82) is 0 Å². The second-order valence-corrected chi connectivity index (χ2v) is 13.3. The molecule has 14 heteroatoms. The number of para-hydroxylation sites is 1. The number of aromatic nitrogens is 3. The van der Waals surface area contributed by atoms with Crippen molar-refractivity contribution in [1.82, 2.24) is 30.1 Å². The molecular formula is C31H37BrN6O7. The Morgan fingerprint density at radius 1 is 1.16 bits per heavy atom. The molecule has 0 radical (unpaired) electrons. The van der Waals surface area contributed by atoms with E-state index in [1.165, 1.54) is 4.90 Å². The third-order valence-electron chi connectivity index (χ3n) is 9.15. The zero-order chi connectivity index (χ0) is 32.0. The van der Waals surface area contributed by atoms with Gasteiger partial charge in [-0.15, -0.1) is 5.10 Å². The third-order valence-corrected chi connectivity index (χ3v) is 9.84. The summed E-state index contributed by atoms with van der Waals surface area (Å²) in [5.41, 5.74) is -0.104. The van der Waals surface area contributed by atoms with E-state index in [2.05, 4.69) is 31.6 Å². The number of amides is 3. The van der Waals surface area contributed by atoms with Crippen LogP contribution in [0.5, 0.6) is 0 Å². The number of benzene rings is 1. The summed E-state index contributed by atoms with van der Waals surface area (Å²) in [5, 5.41) is 21.8. The number of carbonyl (C=O) groups excluding carboxylic acids is 4. The lowest BCUT2D eigenvalue weighted by atomic mass is 9.74. The van der Waals surface area contributed by atoms with Crippen molar-refractivity contribution in [2.75, 3.05) is 19.7 Å². The van der Waals surface area contributed by atoms with Crippen LogP contribution in [0.2, 0.25) is 0 Å². The predicted octanol–water partition coefficient (Wildman–Crippen LogP) is 1.51. The Morgan fingerprint density at radius 3 is 2.69 bits per heavy atom. The van der Waals surface area contributed by atoms with Gasteiger partial charge >= 0.3 is 5.97 Å². The summed E-state index contributed by atoms with van der Waals surface area (Å²) < 4.78 is 14.4. The van der Waals surface area contributed by atoms with Crippen LogP contribution in [0.4, 0.5) is 0 Å². The fourth-order valence-corrected chi connectivity index (χ4v) is 7.69. The van der Waals surface area contributed by atoms with Crippen LogP contribution in [-0.2, 0) is 35.3 Å². The average Bonchev–Trinajstić information content (AvgIpc) is 3.72. The lowest BCUT2D eigenvalue weighted by Crippen LogP contribution is -2.59. The molecule has 1 spiro atoms. The maximum Gasteiger partial charge on any atom is 0.313 e. The fourth-order valence-electron chi connectivity index (χ4n) is 6.96. The molecule has 2 saturated heterocycles. The van der Waals surface area contributed by atoms with E-state index in [4.69, 9.17) is 9.47 Å². The number of nitrogens with one attached hydrogen (secondary N) is 1. The first-order valence-corrected chi connectivity index (χ1v) is 16.0. The second kappa shape index (κ2) is 12.3. The Kier molecular flexibility index (Phi) is 8.57. The summed E-state index contributed by atoms with van der Waals surface area (Å²) >= 11 is 3.55. The number of carbonyl (C=O) groups is 4. The molecule has 45 heavy (non-hydrogen) atoms. The van der Waals surface area contributed by atoms with Gasteiger partial charge in [0.05, 0.1) is 30.6 Å². The summed E-state index contributed by atoms with van der Waals surface area (Å²) in [6, 6.07) is 5.47. The quantitative estimate of drug-likeness (QED) is 0.352. The smallest absolute Gasteiger partial charge is 0.313 e. The van der Waals surface area contributed by atoms with E-state index in [9.17, 15) is 24.3 Å². The van der Waals surface area contributed by atoms with Crippen molar-refractivity contribution in [3.63, 3.8) is 0 Å². The van der Waals surface area contributed by atoms with Crippen LogP contribution in [0.25, 0.3) is 11.0 Å². The number of allylic oxidation sites excluding steroid dienone is 1. The Balaban J connectivity index is 1.47. The van der Waals surface area contributed by atoms with E-state index in [-0.39, 0.29) is 44.6 Å². The topological polar surface area (TPSA) is 156 Å². The van der Waals surface area contributed by atoms with Crippen LogP contribution in [0.15, 0.2) is 47.0 Å². The monoisotopic (exact) mass is 684 g/mol. The molecule has 4 aliphatic rings. The van der Waals surface area contributed by atoms with Gasteiger partial charge in [0.1, 0.15) is 42.0 Å². The highest BCUT2D eigenvalue weighted by Gasteiger charge is 2.75. The number of esters is 1. The van der Waals surface area contributed by atoms with Gasteiger partial charge in [-0.05, 0) is 37.5 Å². The van der Waals surface area contributed by atoms with Crippen molar-refractivity contribution in [3.05, 3.63) is 47.0 Å². The molecule has 3 amide bonds. The van der Waals surface area contributed by atoms with Crippen LogP contribution >= 0.6 is 15.9 Å². The second-order valence-electron chi connectivity index (χ2n) is 12.4. The summed E-state index contributed by atoms with van der Waals surface area (Å²) in [5.74, 6) is -4.04. The van der Waals surface area contributed by atoms with Crippen molar-refractivity contribution < 1.29 is 33.8 Å². The lowest BCUT2D eigenvalue weighted by Gasteiger charge is -2.39. The Bertz CT molecular complexity index is 1570. The number of hydrogen-bond donors (Lipinski definition) is 2. The number of nitrogens with zero attached hydrogens (tertiary/aromatic N) is 5. The lowest BCUT2D eigenvalue weighted by molar-refractivity contribution is -0.160. The molecule has 2 aromatic rings. The molecule has 0 aliphatic carbocycles. The number of aliphatic hydroxyl groups is 1. The number of ether oxygens (including phenoxy) is 2. The van der Waals surface area contributed by atoms with Gasteiger partial charge in [-0.2, -0.15) is 0 Å². The highest BCUT2D eigenvalue weighted by atomic mass is 79.9. The number of hydrogen-bond acceptors (Lipinski definition) is 9. The Hall–Kier alpha value is -3.62. The summed E-state index contributed by atoms with van der Waals surface area (Å²) in [4.78, 5) is 58.5. The van der Waals surface area contributed by atoms with Crippen molar-refractivity contribution in [2.45, 2.75) is 70.2 Å². The van der Waals surface area contributed by atoms with Crippen LogP contribution in [0.1, 0.15) is 33.6 Å². The highest BCUT2D eigenvalue weighted by Crippen LogP contribution is 2.59. The van der Waals surface area contributed by atoms with Crippen molar-refractivity contribution in [3.8, 4) is 0 Å². The Morgan fingerprint density at radius 2 is 1.93 bits per heavy atom. The first-order chi connectivity index (χ1) is 21.6. The van der Waals surface area contributed by atoms with Crippen LogP contribution in [0, 0.1) is 17.8 Å². The van der Waals surface area contributed by atoms with Gasteiger partial charge < -0.3 is 29.7 Å². The molecule has 7 atom stereocenters. The summed E-state index contributed by atoms with van der Waals surface area (Å²) in [7, 11) is 0. The summed E-state index contributed by atoms with van der Waals surface area (Å²) in [6.07, 6.45) is 4.52. The first kappa shape index (κ1) is 31.4. The van der Waals surface area contributed by atoms with E-state index < -0.39 is 59.5 Å². The van der Waals surface area contributed by atoms with Gasteiger partial charge in [0.2, 0.25) is 11.8 Å². The SMILES string of the molecule is CC(C)[C@H](CO)N1C(=O)[C@H]2[C@@H]3C(=O)O[C@H](C)CNC(=O)CC/C=C\CN(Cn4nnc5ccccc54)C(=O)[C@H]1[C@@]21C=C(Br)[C@@H]3O1. The fraction of sp³-hybridized carbons (Fsp3) is 0.548. The van der Waals surface area contributed by atoms with Gasteiger partial charge in [-0.1, -0.05) is 59.3 Å². The maximum absolute atomic E-state index is 14.9. The number of rotatable bonds is 5. The van der Waals surface area contributed by atoms with Crippen molar-refractivity contribution in [2.24, 2.45) is 17.8 Å². The van der Waals surface area contributed by atoms with E-state index in [1.807, 2.05) is 44.2 Å². The van der Waals surface area contributed by atoms with Crippen molar-refractivity contribution >= 4 is 50.7 Å². The van der Waals surface area contributed by atoms with Gasteiger partial charge in [0.15, 0.2) is 0 Å². The molecule has 0 unspecified atom stereocenters. The zero-order valence-corrected chi connectivity index (χ0v) is 26.9. The van der Waals surface area contributed by atoms with Crippen LogP contribution < -0.4 is 5.32 Å². The molecule has 2 N–H and O–H groups in total. The summed E-state index contributed by atoms with van der Waals surface area (Å²) in [6.45, 7) is 5.27. The molecule has 1 aromatic heterocycles. The third kappa shape index (κ3) is 5.36. The first-order valence-electron chi connectivity index (χ1n) is 15.3. The Labute approximate surface area is 268 Å². The molecule has 4 aliphatic heterocycles. The molecule has 0 saturated carbocycles.